The van der Waals surface area contributed by atoms with Gasteiger partial charge in [-0.3, -0.25) is 0 Å². The van der Waals surface area contributed by atoms with Gasteiger partial charge in [0.1, 0.15) is 11.6 Å². The van der Waals surface area contributed by atoms with Crippen LogP contribution in [0, 0.1) is 0 Å². The van der Waals surface area contributed by atoms with E-state index in [1.165, 1.54) is 4.88 Å². The molecule has 0 spiro atoms. The van der Waals surface area contributed by atoms with Gasteiger partial charge >= 0.3 is 0 Å². The summed E-state index contributed by atoms with van der Waals surface area (Å²) >= 11 is 5.20. The fourth-order valence-electron chi connectivity index (χ4n) is 1.40. The summed E-state index contributed by atoms with van der Waals surface area (Å²) in [4.78, 5) is 9.61. The van der Waals surface area contributed by atoms with Crippen molar-refractivity contribution in [2.75, 3.05) is 12.3 Å². The number of anilines is 1. The molecule has 0 aliphatic carbocycles. The second kappa shape index (κ2) is 6.09. The van der Waals surface area contributed by atoms with Crippen LogP contribution in [0.1, 0.15) is 10.7 Å². The Bertz CT molecular complexity index is 486. The Hall–Kier alpha value is -0.980. The normalized spacial score (nSPS) is 10.6. The summed E-state index contributed by atoms with van der Waals surface area (Å²) < 4.78 is 1.15. The molecule has 0 saturated heterocycles. The zero-order chi connectivity index (χ0) is 12.1. The quantitative estimate of drug-likeness (QED) is 0.831. The molecule has 0 atom stereocenters. The van der Waals surface area contributed by atoms with E-state index in [1.54, 1.807) is 23.6 Å². The van der Waals surface area contributed by atoms with Crippen LogP contribution in [0.4, 0.5) is 5.82 Å². The van der Waals surface area contributed by atoms with Crippen LogP contribution in [0.25, 0.3) is 0 Å². The fraction of sp³-hybridized carbons (Fsp3) is 0.273. The molecule has 0 aromatic carbocycles. The molecule has 2 rings (SSSR count). The number of halogens is 1. The van der Waals surface area contributed by atoms with E-state index >= 15 is 0 Å². The third-order valence-electron chi connectivity index (χ3n) is 2.18. The van der Waals surface area contributed by atoms with Crippen LogP contribution in [-0.2, 0) is 13.0 Å². The van der Waals surface area contributed by atoms with E-state index < -0.39 is 0 Å². The Morgan fingerprint density at radius 3 is 3.06 bits per heavy atom. The maximum absolute atomic E-state index is 5.57. The Morgan fingerprint density at radius 1 is 1.47 bits per heavy atom. The van der Waals surface area contributed by atoms with Crippen LogP contribution in [-0.4, -0.2) is 16.5 Å². The fourth-order valence-corrected chi connectivity index (χ4v) is 2.85. The maximum Gasteiger partial charge on any atom is 0.144 e. The molecule has 0 unspecified atom stereocenters. The van der Waals surface area contributed by atoms with Crippen molar-refractivity contribution in [1.29, 1.82) is 0 Å². The summed E-state index contributed by atoms with van der Waals surface area (Å²) in [6.45, 7) is 1.56. The van der Waals surface area contributed by atoms with Gasteiger partial charge in [0.25, 0.3) is 0 Å². The first-order chi connectivity index (χ1) is 8.24. The summed E-state index contributed by atoms with van der Waals surface area (Å²) in [6, 6.07) is 3.83. The van der Waals surface area contributed by atoms with Gasteiger partial charge in [0, 0.05) is 27.5 Å². The van der Waals surface area contributed by atoms with Gasteiger partial charge in [-0.15, -0.1) is 11.3 Å². The zero-order valence-corrected chi connectivity index (χ0v) is 11.6. The molecule has 6 heteroatoms. The third kappa shape index (κ3) is 4.07. The molecular formula is C11H13BrN4S. The molecule has 0 amide bonds. The number of nitrogens with zero attached hydrogens (tertiary/aromatic N) is 2. The van der Waals surface area contributed by atoms with Crippen LogP contribution in [0.15, 0.2) is 28.2 Å². The predicted octanol–water partition coefficient (Wildman–Crippen LogP) is 2.22. The Morgan fingerprint density at radius 2 is 2.35 bits per heavy atom. The topological polar surface area (TPSA) is 63.8 Å². The van der Waals surface area contributed by atoms with Crippen LogP contribution >= 0.6 is 27.3 Å². The first-order valence-electron chi connectivity index (χ1n) is 5.25. The van der Waals surface area contributed by atoms with Crippen LogP contribution < -0.4 is 11.1 Å². The van der Waals surface area contributed by atoms with Crippen molar-refractivity contribution in [3.05, 3.63) is 38.9 Å². The van der Waals surface area contributed by atoms with Crippen molar-refractivity contribution in [3.63, 3.8) is 0 Å². The van der Waals surface area contributed by atoms with Gasteiger partial charge in [-0.1, -0.05) is 0 Å². The van der Waals surface area contributed by atoms with E-state index in [4.69, 9.17) is 5.73 Å². The lowest BCUT2D eigenvalue weighted by Gasteiger charge is -2.02. The van der Waals surface area contributed by atoms with Gasteiger partial charge in [-0.25, -0.2) is 9.97 Å². The van der Waals surface area contributed by atoms with E-state index in [0.717, 1.165) is 23.3 Å². The lowest BCUT2D eigenvalue weighted by atomic mass is 10.3. The van der Waals surface area contributed by atoms with Crippen molar-refractivity contribution in [2.45, 2.75) is 13.0 Å². The van der Waals surface area contributed by atoms with E-state index in [0.29, 0.717) is 12.4 Å². The molecule has 2 aromatic rings. The molecule has 2 aromatic heterocycles. The number of aromatic nitrogens is 2. The van der Waals surface area contributed by atoms with Gasteiger partial charge < -0.3 is 11.1 Å². The highest BCUT2D eigenvalue weighted by atomic mass is 79.9. The second-order valence-electron chi connectivity index (χ2n) is 3.56. The van der Waals surface area contributed by atoms with E-state index in [2.05, 4.69) is 42.7 Å². The monoisotopic (exact) mass is 312 g/mol. The van der Waals surface area contributed by atoms with E-state index in [1.807, 2.05) is 0 Å². The Labute approximate surface area is 112 Å². The molecule has 2 heterocycles. The molecule has 0 bridgehead atoms. The number of nitrogens with two attached hydrogens (primary N) is 1. The zero-order valence-electron chi connectivity index (χ0n) is 9.19. The molecular weight excluding hydrogens is 300 g/mol. The van der Waals surface area contributed by atoms with Crippen molar-refractivity contribution >= 4 is 33.1 Å². The van der Waals surface area contributed by atoms with Gasteiger partial charge in [0.05, 0.1) is 6.54 Å². The standard InChI is InChI=1S/C11H13BrN4S/c12-8-5-9(17-7-8)1-3-14-6-11-15-4-2-10(13)16-11/h2,4-5,7,14H,1,3,6H2,(H2,13,15,16). The van der Waals surface area contributed by atoms with Crippen molar-refractivity contribution in [1.82, 2.24) is 15.3 Å². The maximum atomic E-state index is 5.57. The predicted molar refractivity (Wildman–Crippen MR) is 73.9 cm³/mol. The van der Waals surface area contributed by atoms with Crippen LogP contribution in [0.5, 0.6) is 0 Å². The van der Waals surface area contributed by atoms with E-state index in [9.17, 15) is 0 Å². The number of nitrogens with one attached hydrogen (secondary N) is 1. The minimum Gasteiger partial charge on any atom is -0.384 e. The number of nitrogen functional groups attached to an aromatic ring is 1. The number of hydrogen-bond donors (Lipinski definition) is 2. The first-order valence-corrected chi connectivity index (χ1v) is 6.92. The summed E-state index contributed by atoms with van der Waals surface area (Å²) in [5.41, 5.74) is 5.57. The highest BCUT2D eigenvalue weighted by Gasteiger charge is 1.99. The largest absolute Gasteiger partial charge is 0.384 e. The van der Waals surface area contributed by atoms with Crippen molar-refractivity contribution in [3.8, 4) is 0 Å². The van der Waals surface area contributed by atoms with E-state index in [-0.39, 0.29) is 0 Å². The number of thiophene rings is 1. The molecule has 0 aliphatic heterocycles. The lowest BCUT2D eigenvalue weighted by molar-refractivity contribution is 0.663. The summed E-state index contributed by atoms with van der Waals surface area (Å²) in [5, 5.41) is 5.39. The van der Waals surface area contributed by atoms with Crippen LogP contribution in [0.3, 0.4) is 0 Å². The molecule has 0 fully saturated rings. The summed E-state index contributed by atoms with van der Waals surface area (Å²) in [7, 11) is 0. The van der Waals surface area contributed by atoms with Gasteiger partial charge in [0.15, 0.2) is 0 Å². The molecule has 4 nitrogen and oxygen atoms in total. The highest BCUT2D eigenvalue weighted by Crippen LogP contribution is 2.19. The molecule has 3 N–H and O–H groups in total. The average molecular weight is 313 g/mol. The number of hydrogen-bond acceptors (Lipinski definition) is 5. The van der Waals surface area contributed by atoms with Crippen molar-refractivity contribution < 1.29 is 0 Å². The molecule has 90 valence electrons. The summed E-state index contributed by atoms with van der Waals surface area (Å²) in [6.07, 6.45) is 2.69. The summed E-state index contributed by atoms with van der Waals surface area (Å²) in [5.74, 6) is 1.25. The minimum atomic E-state index is 0.513. The molecule has 0 radical (unpaired) electrons. The van der Waals surface area contributed by atoms with Gasteiger partial charge in [-0.05, 0) is 34.5 Å². The highest BCUT2D eigenvalue weighted by molar-refractivity contribution is 9.10. The van der Waals surface area contributed by atoms with Gasteiger partial charge in [-0.2, -0.15) is 0 Å². The molecule has 0 aliphatic rings. The van der Waals surface area contributed by atoms with Crippen molar-refractivity contribution in [2.24, 2.45) is 0 Å². The second-order valence-corrected chi connectivity index (χ2v) is 5.47. The van der Waals surface area contributed by atoms with Gasteiger partial charge in [0.2, 0.25) is 0 Å². The van der Waals surface area contributed by atoms with Crippen LogP contribution in [0.2, 0.25) is 0 Å². The SMILES string of the molecule is Nc1ccnc(CNCCc2cc(Br)cs2)n1. The number of rotatable bonds is 5. The first kappa shape index (κ1) is 12.5. The minimum absolute atomic E-state index is 0.513. The Kier molecular flexibility index (Phi) is 4.47. The average Bonchev–Trinajstić information content (AvgIpc) is 2.71. The molecule has 0 saturated carbocycles. The molecule has 17 heavy (non-hydrogen) atoms. The third-order valence-corrected chi connectivity index (χ3v) is 3.94. The lowest BCUT2D eigenvalue weighted by Crippen LogP contribution is -2.18. The smallest absolute Gasteiger partial charge is 0.144 e. The Balaban J connectivity index is 1.73.